The Labute approximate surface area is 91.9 Å². The van der Waals surface area contributed by atoms with Gasteiger partial charge in [0.15, 0.2) is 11.6 Å². The highest BCUT2D eigenvalue weighted by Gasteiger charge is 2.19. The molecular weight excluding hydrogens is 210 g/mol. The van der Waals surface area contributed by atoms with E-state index >= 15 is 0 Å². The Hall–Kier alpha value is -1.45. The van der Waals surface area contributed by atoms with Gasteiger partial charge in [0.1, 0.15) is 0 Å². The van der Waals surface area contributed by atoms with E-state index in [0.717, 1.165) is 12.6 Å². The zero-order valence-electron chi connectivity index (χ0n) is 8.79. The summed E-state index contributed by atoms with van der Waals surface area (Å²) in [7, 11) is 0. The summed E-state index contributed by atoms with van der Waals surface area (Å²) in [5.41, 5.74) is 1.21. The molecule has 2 nitrogen and oxygen atoms in total. The molecule has 1 heterocycles. The maximum Gasteiger partial charge on any atom is 0.161 e. The van der Waals surface area contributed by atoms with Crippen molar-refractivity contribution in [3.05, 3.63) is 30.1 Å². The molecule has 0 amide bonds. The van der Waals surface area contributed by atoms with Gasteiger partial charge in [-0.1, -0.05) is 6.42 Å². The van der Waals surface area contributed by atoms with Crippen molar-refractivity contribution < 1.29 is 8.78 Å². The summed E-state index contributed by atoms with van der Waals surface area (Å²) in [6.45, 7) is 0.863. The second-order valence-corrected chi connectivity index (χ2v) is 4.45. The van der Waals surface area contributed by atoms with Gasteiger partial charge in [0.2, 0.25) is 0 Å². The third kappa shape index (κ3) is 1.49. The molecular formula is C12H12F2N2. The van der Waals surface area contributed by atoms with E-state index in [-0.39, 0.29) is 0 Å². The fourth-order valence-electron chi connectivity index (χ4n) is 2.15. The molecule has 1 fully saturated rings. The SMILES string of the molecule is Fc1cc2ncn(CC3CCC3)c2cc1F. The second-order valence-electron chi connectivity index (χ2n) is 4.45. The molecule has 0 saturated heterocycles. The molecule has 2 aromatic rings. The zero-order valence-corrected chi connectivity index (χ0v) is 8.79. The summed E-state index contributed by atoms with van der Waals surface area (Å²) in [6, 6.07) is 2.39. The second kappa shape index (κ2) is 3.54. The number of imidazole rings is 1. The molecule has 1 saturated carbocycles. The largest absolute Gasteiger partial charge is 0.330 e. The molecule has 0 bridgehead atoms. The third-order valence-electron chi connectivity index (χ3n) is 3.34. The molecule has 1 aromatic carbocycles. The summed E-state index contributed by atoms with van der Waals surface area (Å²) >= 11 is 0. The molecule has 0 unspecified atom stereocenters. The molecule has 4 heteroatoms. The number of rotatable bonds is 2. The van der Waals surface area contributed by atoms with Gasteiger partial charge in [0, 0.05) is 18.7 Å². The monoisotopic (exact) mass is 222 g/mol. The van der Waals surface area contributed by atoms with Gasteiger partial charge in [-0.2, -0.15) is 0 Å². The number of hydrogen-bond donors (Lipinski definition) is 0. The number of aromatic nitrogens is 2. The van der Waals surface area contributed by atoms with Crippen LogP contribution in [0.5, 0.6) is 0 Å². The molecule has 0 aliphatic heterocycles. The number of hydrogen-bond acceptors (Lipinski definition) is 1. The Morgan fingerprint density at radius 1 is 1.25 bits per heavy atom. The van der Waals surface area contributed by atoms with Crippen molar-refractivity contribution in [2.24, 2.45) is 5.92 Å². The summed E-state index contributed by atoms with van der Waals surface area (Å²) < 4.78 is 28.0. The molecule has 0 N–H and O–H groups in total. The van der Waals surface area contributed by atoms with Crippen LogP contribution in [0.15, 0.2) is 18.5 Å². The van der Waals surface area contributed by atoms with Crippen LogP contribution in [-0.2, 0) is 6.54 Å². The van der Waals surface area contributed by atoms with Crippen molar-refractivity contribution in [3.63, 3.8) is 0 Å². The molecule has 16 heavy (non-hydrogen) atoms. The van der Waals surface area contributed by atoms with Gasteiger partial charge in [-0.25, -0.2) is 13.8 Å². The predicted molar refractivity (Wildman–Crippen MR) is 57.0 cm³/mol. The minimum absolute atomic E-state index is 0.526. The van der Waals surface area contributed by atoms with E-state index in [1.807, 2.05) is 4.57 Å². The molecule has 0 atom stereocenters. The van der Waals surface area contributed by atoms with Gasteiger partial charge in [0.05, 0.1) is 17.4 Å². The maximum absolute atomic E-state index is 13.1. The molecule has 0 radical (unpaired) electrons. The predicted octanol–water partition coefficient (Wildman–Crippen LogP) is 3.11. The fraction of sp³-hybridized carbons (Fsp3) is 0.417. The van der Waals surface area contributed by atoms with Crippen LogP contribution < -0.4 is 0 Å². The van der Waals surface area contributed by atoms with Crippen LogP contribution in [0.4, 0.5) is 8.78 Å². The van der Waals surface area contributed by atoms with E-state index in [0.29, 0.717) is 17.0 Å². The van der Waals surface area contributed by atoms with Gasteiger partial charge in [-0.05, 0) is 18.8 Å². The average molecular weight is 222 g/mol. The number of fused-ring (bicyclic) bond motifs is 1. The van der Waals surface area contributed by atoms with Crippen LogP contribution >= 0.6 is 0 Å². The van der Waals surface area contributed by atoms with Gasteiger partial charge in [0.25, 0.3) is 0 Å². The van der Waals surface area contributed by atoms with E-state index in [1.165, 1.54) is 25.3 Å². The van der Waals surface area contributed by atoms with Crippen molar-refractivity contribution in [2.75, 3.05) is 0 Å². The normalized spacial score (nSPS) is 16.6. The van der Waals surface area contributed by atoms with E-state index in [4.69, 9.17) is 0 Å². The van der Waals surface area contributed by atoms with Crippen molar-refractivity contribution in [1.29, 1.82) is 0 Å². The fourth-order valence-corrected chi connectivity index (χ4v) is 2.15. The van der Waals surface area contributed by atoms with Crippen LogP contribution in [0.2, 0.25) is 0 Å². The van der Waals surface area contributed by atoms with E-state index in [1.54, 1.807) is 6.33 Å². The molecule has 1 aromatic heterocycles. The van der Waals surface area contributed by atoms with Gasteiger partial charge >= 0.3 is 0 Å². The molecule has 0 spiro atoms. The van der Waals surface area contributed by atoms with Crippen LogP contribution in [0.25, 0.3) is 11.0 Å². The first-order valence-corrected chi connectivity index (χ1v) is 5.54. The highest BCUT2D eigenvalue weighted by molar-refractivity contribution is 5.75. The van der Waals surface area contributed by atoms with Crippen LogP contribution in [0.3, 0.4) is 0 Å². The van der Waals surface area contributed by atoms with Crippen molar-refractivity contribution >= 4 is 11.0 Å². The highest BCUT2D eigenvalue weighted by atomic mass is 19.2. The van der Waals surface area contributed by atoms with Gasteiger partial charge in [-0.15, -0.1) is 0 Å². The van der Waals surface area contributed by atoms with Crippen LogP contribution in [0, 0.1) is 17.6 Å². The average Bonchev–Trinajstić information content (AvgIpc) is 2.56. The maximum atomic E-state index is 13.1. The molecule has 1 aliphatic carbocycles. The van der Waals surface area contributed by atoms with E-state index < -0.39 is 11.6 Å². The summed E-state index contributed by atoms with van der Waals surface area (Å²) in [6.07, 6.45) is 5.40. The molecule has 3 rings (SSSR count). The Morgan fingerprint density at radius 3 is 2.69 bits per heavy atom. The highest BCUT2D eigenvalue weighted by Crippen LogP contribution is 2.29. The smallest absolute Gasteiger partial charge is 0.161 e. The van der Waals surface area contributed by atoms with Gasteiger partial charge in [-0.3, -0.25) is 0 Å². The van der Waals surface area contributed by atoms with Crippen LogP contribution in [-0.4, -0.2) is 9.55 Å². The Balaban J connectivity index is 2.01. The Bertz CT molecular complexity index is 529. The number of nitrogens with zero attached hydrogens (tertiary/aromatic N) is 2. The molecule has 84 valence electrons. The van der Waals surface area contributed by atoms with E-state index in [2.05, 4.69) is 4.98 Å². The molecule has 1 aliphatic rings. The zero-order chi connectivity index (χ0) is 11.1. The summed E-state index contributed by atoms with van der Waals surface area (Å²) in [4.78, 5) is 4.09. The minimum atomic E-state index is -0.832. The van der Waals surface area contributed by atoms with Crippen LogP contribution in [0.1, 0.15) is 19.3 Å². The first-order valence-electron chi connectivity index (χ1n) is 5.54. The first kappa shape index (κ1) is 9.75. The lowest BCUT2D eigenvalue weighted by atomic mass is 9.85. The van der Waals surface area contributed by atoms with Crippen molar-refractivity contribution in [1.82, 2.24) is 9.55 Å². The Kier molecular flexibility index (Phi) is 2.16. The summed E-state index contributed by atoms with van der Waals surface area (Å²) in [5, 5.41) is 0. The topological polar surface area (TPSA) is 17.8 Å². The lowest BCUT2D eigenvalue weighted by Crippen LogP contribution is -2.17. The van der Waals surface area contributed by atoms with Gasteiger partial charge < -0.3 is 4.57 Å². The minimum Gasteiger partial charge on any atom is -0.330 e. The number of benzene rings is 1. The van der Waals surface area contributed by atoms with E-state index in [9.17, 15) is 8.78 Å². The Morgan fingerprint density at radius 2 is 2.00 bits per heavy atom. The summed E-state index contributed by atoms with van der Waals surface area (Å²) in [5.74, 6) is -0.963. The van der Waals surface area contributed by atoms with Crippen molar-refractivity contribution in [3.8, 4) is 0 Å². The number of halogens is 2. The quantitative estimate of drug-likeness (QED) is 0.763. The standard InChI is InChI=1S/C12H12F2N2/c13-9-4-11-12(5-10(9)14)16(7-15-11)6-8-2-1-3-8/h4-5,7-8H,1-3,6H2. The van der Waals surface area contributed by atoms with Crippen molar-refractivity contribution in [2.45, 2.75) is 25.8 Å². The first-order chi connectivity index (χ1) is 7.74. The third-order valence-corrected chi connectivity index (χ3v) is 3.34. The lowest BCUT2D eigenvalue weighted by Gasteiger charge is -2.25. The lowest BCUT2D eigenvalue weighted by molar-refractivity contribution is 0.279.